The van der Waals surface area contributed by atoms with Gasteiger partial charge in [-0.1, -0.05) is 38.1 Å². The van der Waals surface area contributed by atoms with Crippen LogP contribution in [-0.2, 0) is 36.8 Å². The summed E-state index contributed by atoms with van der Waals surface area (Å²) in [5, 5.41) is 32.5. The summed E-state index contributed by atoms with van der Waals surface area (Å²) in [6.07, 6.45) is 0.580. The third kappa shape index (κ3) is 13.5. The van der Waals surface area contributed by atoms with Crippen molar-refractivity contribution in [2.45, 2.75) is 83.5 Å². The minimum Gasteiger partial charge on any atom is -0.493 e. The van der Waals surface area contributed by atoms with Gasteiger partial charge in [0.25, 0.3) is 0 Å². The number of rotatable bonds is 15. The van der Waals surface area contributed by atoms with E-state index in [0.29, 0.717) is 25.5 Å². The molecule has 266 valence electrons. The van der Waals surface area contributed by atoms with Crippen LogP contribution in [0.3, 0.4) is 0 Å². The van der Waals surface area contributed by atoms with E-state index in [1.54, 1.807) is 12.1 Å². The number of aliphatic hydroxyl groups is 2. The first kappa shape index (κ1) is 38.8. The highest BCUT2D eigenvalue weighted by molar-refractivity contribution is 5.83. The number of aliphatic hydroxyl groups excluding tert-OH is 2. The highest BCUT2D eigenvalue weighted by Gasteiger charge is 2.30. The number of carbonyl (C=O) groups is 3. The molecule has 2 atom stereocenters. The van der Waals surface area contributed by atoms with Gasteiger partial charge in [-0.3, -0.25) is 4.79 Å². The average molecular weight is 677 g/mol. The lowest BCUT2D eigenvalue weighted by Gasteiger charge is -2.39. The van der Waals surface area contributed by atoms with Gasteiger partial charge in [-0.05, 0) is 80.0 Å². The summed E-state index contributed by atoms with van der Waals surface area (Å²) in [6.45, 7) is 9.95. The van der Waals surface area contributed by atoms with Crippen LogP contribution in [0.4, 0.5) is 4.39 Å². The standard InChI is InChI=1S/C31H43FN2O4.C4H6O6/c1-24(2)23-38-29-12-8-25(9-13-29)21-30(35)34(22-26-6-10-27(32)11-7-26)28-14-17-33(18-15-28)16-3-5-31-36-19-4-20-37-31;5-1(3(7)8)2(6)4(9)10/h6-13,24,28,31H,3-5,14-23H2,1-2H3;1-2,5-6H,(H,7,8)(H,9,10). The minimum atomic E-state index is -2.27. The number of nitrogens with zero attached hydrogens (tertiary/aromatic N) is 2. The first-order chi connectivity index (χ1) is 22.9. The molecule has 2 heterocycles. The van der Waals surface area contributed by atoms with Gasteiger partial charge in [-0.2, -0.15) is 0 Å². The van der Waals surface area contributed by atoms with Crippen molar-refractivity contribution in [3.05, 3.63) is 65.5 Å². The van der Waals surface area contributed by atoms with Crippen LogP contribution >= 0.6 is 0 Å². The largest absolute Gasteiger partial charge is 0.493 e. The highest BCUT2D eigenvalue weighted by atomic mass is 19.1. The molecule has 4 rings (SSSR count). The molecule has 0 spiro atoms. The van der Waals surface area contributed by atoms with Gasteiger partial charge < -0.3 is 44.4 Å². The predicted octanol–water partition coefficient (Wildman–Crippen LogP) is 3.32. The molecule has 2 saturated heterocycles. The molecule has 2 aliphatic rings. The van der Waals surface area contributed by atoms with Crippen molar-refractivity contribution in [2.24, 2.45) is 5.92 Å². The van der Waals surface area contributed by atoms with Crippen molar-refractivity contribution in [1.29, 1.82) is 0 Å². The smallest absolute Gasteiger partial charge is 0.335 e. The Kier molecular flexibility index (Phi) is 16.2. The van der Waals surface area contributed by atoms with Gasteiger partial charge in [-0.15, -0.1) is 0 Å². The Balaban J connectivity index is 0.000000542. The Morgan fingerprint density at radius 2 is 1.48 bits per heavy atom. The summed E-state index contributed by atoms with van der Waals surface area (Å²) in [5.74, 6) is -2.40. The van der Waals surface area contributed by atoms with E-state index in [9.17, 15) is 18.8 Å². The number of aliphatic carboxylic acids is 2. The number of amides is 1. The van der Waals surface area contributed by atoms with Crippen LogP contribution in [-0.4, -0.2) is 112 Å². The maximum atomic E-state index is 13.6. The maximum absolute atomic E-state index is 13.6. The Labute approximate surface area is 281 Å². The molecule has 2 fully saturated rings. The van der Waals surface area contributed by atoms with Gasteiger partial charge in [0.15, 0.2) is 18.5 Å². The molecule has 2 aliphatic heterocycles. The van der Waals surface area contributed by atoms with Crippen molar-refractivity contribution < 1.29 is 53.4 Å². The molecule has 13 heteroatoms. The predicted molar refractivity (Wildman–Crippen MR) is 174 cm³/mol. The number of carbonyl (C=O) groups excluding carboxylic acids is 1. The number of benzene rings is 2. The molecule has 2 aromatic rings. The van der Waals surface area contributed by atoms with Crippen molar-refractivity contribution in [3.63, 3.8) is 0 Å². The van der Waals surface area contributed by atoms with Crippen LogP contribution in [0.15, 0.2) is 48.5 Å². The Hall–Kier alpha value is -3.62. The molecule has 0 bridgehead atoms. The molecule has 0 aromatic heterocycles. The summed E-state index contributed by atoms with van der Waals surface area (Å²) >= 11 is 0. The SMILES string of the molecule is CC(C)COc1ccc(CC(=O)N(Cc2ccc(F)cc2)C2CCN(CCCC3OCCCO3)CC2)cc1.O=C(O)C(O)C(O)C(=O)O. The number of piperidine rings is 1. The van der Waals surface area contributed by atoms with E-state index in [-0.39, 0.29) is 24.1 Å². The topological polar surface area (TPSA) is 166 Å². The van der Waals surface area contributed by atoms with E-state index < -0.39 is 24.1 Å². The van der Waals surface area contributed by atoms with Gasteiger partial charge in [0, 0.05) is 25.7 Å². The number of hydrogen-bond donors (Lipinski definition) is 4. The zero-order valence-electron chi connectivity index (χ0n) is 27.7. The Morgan fingerprint density at radius 1 is 0.917 bits per heavy atom. The molecule has 0 radical (unpaired) electrons. The highest BCUT2D eigenvalue weighted by Crippen LogP contribution is 2.23. The summed E-state index contributed by atoms with van der Waals surface area (Å²) in [5.41, 5.74) is 1.92. The zero-order valence-corrected chi connectivity index (χ0v) is 27.7. The molecule has 4 N–H and O–H groups in total. The molecular weight excluding hydrogens is 627 g/mol. The lowest BCUT2D eigenvalue weighted by Crippen LogP contribution is -2.47. The van der Waals surface area contributed by atoms with Gasteiger partial charge in [0.2, 0.25) is 5.91 Å². The first-order valence-corrected chi connectivity index (χ1v) is 16.5. The fourth-order valence-corrected chi connectivity index (χ4v) is 5.36. The third-order valence-corrected chi connectivity index (χ3v) is 8.06. The molecule has 48 heavy (non-hydrogen) atoms. The summed E-state index contributed by atoms with van der Waals surface area (Å²) < 4.78 is 30.6. The number of carboxylic acid groups (broad SMARTS) is 2. The molecule has 2 aromatic carbocycles. The Bertz CT molecular complexity index is 1250. The van der Waals surface area contributed by atoms with E-state index in [4.69, 9.17) is 34.6 Å². The minimum absolute atomic E-state index is 0.0547. The average Bonchev–Trinajstić information content (AvgIpc) is 3.08. The van der Waals surface area contributed by atoms with Gasteiger partial charge in [0.05, 0.1) is 26.2 Å². The van der Waals surface area contributed by atoms with Crippen LogP contribution in [0.2, 0.25) is 0 Å². The normalized spacial score (nSPS) is 17.2. The second kappa shape index (κ2) is 20.0. The van der Waals surface area contributed by atoms with E-state index in [2.05, 4.69) is 18.7 Å². The molecule has 1 amide bonds. The summed E-state index contributed by atoms with van der Waals surface area (Å²) in [7, 11) is 0. The quantitative estimate of drug-likeness (QED) is 0.219. The molecule has 2 unspecified atom stereocenters. The monoisotopic (exact) mass is 676 g/mol. The number of likely N-dealkylation sites (tertiary alicyclic amines) is 1. The van der Waals surface area contributed by atoms with Gasteiger partial charge >= 0.3 is 11.9 Å². The van der Waals surface area contributed by atoms with Crippen molar-refractivity contribution in [2.75, 3.05) is 39.5 Å². The van der Waals surface area contributed by atoms with E-state index >= 15 is 0 Å². The number of ether oxygens (including phenoxy) is 3. The van der Waals surface area contributed by atoms with E-state index in [0.717, 1.165) is 81.8 Å². The van der Waals surface area contributed by atoms with Gasteiger partial charge in [-0.25, -0.2) is 14.0 Å². The van der Waals surface area contributed by atoms with E-state index in [1.807, 2.05) is 29.2 Å². The maximum Gasteiger partial charge on any atom is 0.335 e. The second-order valence-electron chi connectivity index (χ2n) is 12.5. The van der Waals surface area contributed by atoms with Crippen LogP contribution < -0.4 is 4.74 Å². The lowest BCUT2D eigenvalue weighted by molar-refractivity contribution is -0.181. The van der Waals surface area contributed by atoms with Crippen molar-refractivity contribution in [1.82, 2.24) is 9.80 Å². The number of halogens is 1. The van der Waals surface area contributed by atoms with Crippen LogP contribution in [0.25, 0.3) is 0 Å². The molecule has 0 saturated carbocycles. The molecule has 0 aliphatic carbocycles. The fourth-order valence-electron chi connectivity index (χ4n) is 5.36. The van der Waals surface area contributed by atoms with Crippen LogP contribution in [0.5, 0.6) is 5.75 Å². The Morgan fingerprint density at radius 3 is 2.02 bits per heavy atom. The summed E-state index contributed by atoms with van der Waals surface area (Å²) in [6, 6.07) is 14.5. The van der Waals surface area contributed by atoms with E-state index in [1.165, 1.54) is 12.1 Å². The lowest BCUT2D eigenvalue weighted by atomic mass is 10.00. The first-order valence-electron chi connectivity index (χ1n) is 16.5. The van der Waals surface area contributed by atoms with Gasteiger partial charge in [0.1, 0.15) is 11.6 Å². The van der Waals surface area contributed by atoms with Crippen LogP contribution in [0.1, 0.15) is 57.1 Å². The fraction of sp³-hybridized carbons (Fsp3) is 0.571. The molecular formula is C35H49FN2O10. The second-order valence-corrected chi connectivity index (χ2v) is 12.5. The number of hydrogen-bond acceptors (Lipinski definition) is 9. The van der Waals surface area contributed by atoms with Crippen molar-refractivity contribution >= 4 is 17.8 Å². The molecule has 12 nitrogen and oxygen atoms in total. The third-order valence-electron chi connectivity index (χ3n) is 8.06. The summed E-state index contributed by atoms with van der Waals surface area (Å²) in [4.78, 5) is 37.6. The zero-order chi connectivity index (χ0) is 35.1. The number of carboxylic acids is 2. The van der Waals surface area contributed by atoms with Crippen LogP contribution in [0, 0.1) is 11.7 Å². The van der Waals surface area contributed by atoms with Crippen molar-refractivity contribution in [3.8, 4) is 5.75 Å².